The third-order valence-corrected chi connectivity index (χ3v) is 9.00. The maximum Gasteiger partial charge on any atom is 0.0527 e. The highest BCUT2D eigenvalue weighted by atomic mass is 15.2. The van der Waals surface area contributed by atoms with E-state index >= 15 is 0 Å². The maximum atomic E-state index is 2.42. The van der Waals surface area contributed by atoms with Gasteiger partial charge in [-0.3, -0.25) is 0 Å². The first-order valence-electron chi connectivity index (χ1n) is 13.7. The zero-order chi connectivity index (χ0) is 26.7. The van der Waals surface area contributed by atoms with Crippen LogP contribution in [-0.2, 0) is 17.3 Å². The quantitative estimate of drug-likeness (QED) is 0.273. The molecule has 0 spiro atoms. The molecule has 0 aromatic heterocycles. The second kappa shape index (κ2) is 8.88. The molecule has 0 bridgehead atoms. The fourth-order valence-electron chi connectivity index (χ4n) is 7.01. The number of hydrogen-bond donors (Lipinski definition) is 0. The van der Waals surface area contributed by atoms with Gasteiger partial charge in [-0.25, -0.2) is 0 Å². The van der Waals surface area contributed by atoms with Gasteiger partial charge in [-0.05, 0) is 65.1 Å². The number of anilines is 1. The number of fused-ring (bicyclic) bond motifs is 4. The second-order valence-corrected chi connectivity index (χ2v) is 11.9. The van der Waals surface area contributed by atoms with Crippen molar-refractivity contribution in [2.24, 2.45) is 0 Å². The smallest absolute Gasteiger partial charge is 0.0527 e. The van der Waals surface area contributed by atoms with Crippen molar-refractivity contribution < 1.29 is 0 Å². The topological polar surface area (TPSA) is 3.24 Å². The van der Waals surface area contributed by atoms with Crippen LogP contribution in [0.5, 0.6) is 0 Å². The number of aryl methyl sites for hydroxylation is 1. The summed E-state index contributed by atoms with van der Waals surface area (Å²) in [6.45, 7) is 11.6. The lowest BCUT2D eigenvalue weighted by Crippen LogP contribution is -2.25. The lowest BCUT2D eigenvalue weighted by Gasteiger charge is -2.29. The van der Waals surface area contributed by atoms with E-state index in [0.29, 0.717) is 0 Å². The van der Waals surface area contributed by atoms with Crippen molar-refractivity contribution in [3.8, 4) is 0 Å². The van der Waals surface area contributed by atoms with Crippen LogP contribution in [0.1, 0.15) is 55.5 Å². The minimum absolute atomic E-state index is 0.0645. The summed E-state index contributed by atoms with van der Waals surface area (Å²) in [5.41, 5.74) is 12.3. The average Bonchev–Trinajstić information content (AvgIpc) is 3.23. The van der Waals surface area contributed by atoms with E-state index in [2.05, 4.69) is 150 Å². The van der Waals surface area contributed by atoms with Crippen molar-refractivity contribution in [3.05, 3.63) is 142 Å². The number of allylic oxidation sites excluding steroid dienone is 6. The Morgan fingerprint density at radius 3 is 2.29 bits per heavy atom. The summed E-state index contributed by atoms with van der Waals surface area (Å²) in [6, 6.07) is 31.2. The molecule has 2 aliphatic rings. The standard InChI is InChI=1S/C37H37N/c1-25-19-21-32-30(23-25)26(2)31(37(32,5)24-27-13-8-7-9-14-27)17-12-18-34-36(3,4)33-22-20-28-15-10-11-16-29(28)35(33)38(34)6/h7-23H,24H2,1-6H3/b17-12+,34-18+. The van der Waals surface area contributed by atoms with Crippen molar-refractivity contribution >= 4 is 22.0 Å². The molecule has 1 unspecified atom stereocenters. The van der Waals surface area contributed by atoms with E-state index in [1.54, 1.807) is 0 Å². The Bertz CT molecular complexity index is 1650. The lowest BCUT2D eigenvalue weighted by molar-refractivity contribution is 0.577. The molecule has 0 saturated carbocycles. The number of nitrogens with zero attached hydrogens (tertiary/aromatic N) is 1. The summed E-state index contributed by atoms with van der Waals surface area (Å²) < 4.78 is 0. The molecule has 1 nitrogen and oxygen atoms in total. The van der Waals surface area contributed by atoms with Gasteiger partial charge in [0.1, 0.15) is 0 Å². The molecular formula is C37H37N. The number of benzene rings is 4. The molecular weight excluding hydrogens is 458 g/mol. The van der Waals surface area contributed by atoms with Crippen LogP contribution in [0.15, 0.2) is 114 Å². The van der Waals surface area contributed by atoms with Gasteiger partial charge in [0, 0.05) is 29.0 Å². The summed E-state index contributed by atoms with van der Waals surface area (Å²) in [6.07, 6.45) is 8.00. The summed E-state index contributed by atoms with van der Waals surface area (Å²) >= 11 is 0. The zero-order valence-corrected chi connectivity index (χ0v) is 23.5. The molecule has 190 valence electrons. The maximum absolute atomic E-state index is 2.42. The minimum atomic E-state index is -0.0697. The van der Waals surface area contributed by atoms with E-state index in [9.17, 15) is 0 Å². The molecule has 0 radical (unpaired) electrons. The van der Waals surface area contributed by atoms with Crippen LogP contribution < -0.4 is 4.90 Å². The van der Waals surface area contributed by atoms with Gasteiger partial charge in [0.05, 0.1) is 5.69 Å². The molecule has 1 aliphatic carbocycles. The van der Waals surface area contributed by atoms with Crippen LogP contribution in [0.25, 0.3) is 16.3 Å². The summed E-state index contributed by atoms with van der Waals surface area (Å²) in [5.74, 6) is 0. The molecule has 38 heavy (non-hydrogen) atoms. The molecule has 0 fully saturated rings. The van der Waals surface area contributed by atoms with E-state index in [1.807, 2.05) is 0 Å². The highest BCUT2D eigenvalue weighted by Crippen LogP contribution is 2.51. The van der Waals surface area contributed by atoms with Gasteiger partial charge in [-0.15, -0.1) is 0 Å². The highest BCUT2D eigenvalue weighted by Gasteiger charge is 2.40. The molecule has 1 atom stereocenters. The van der Waals surface area contributed by atoms with Gasteiger partial charge in [-0.1, -0.05) is 123 Å². The molecule has 0 N–H and O–H groups in total. The van der Waals surface area contributed by atoms with Gasteiger partial charge >= 0.3 is 0 Å². The first-order valence-corrected chi connectivity index (χ1v) is 13.7. The fraction of sp³-hybridized carbons (Fsp3) is 0.243. The Labute approximate surface area is 227 Å². The van der Waals surface area contributed by atoms with Crippen LogP contribution in [0.4, 0.5) is 5.69 Å². The van der Waals surface area contributed by atoms with E-state index < -0.39 is 0 Å². The molecule has 1 aliphatic heterocycles. The first-order chi connectivity index (χ1) is 18.2. The predicted octanol–water partition coefficient (Wildman–Crippen LogP) is 9.30. The van der Waals surface area contributed by atoms with Crippen molar-refractivity contribution in [2.45, 2.75) is 51.9 Å². The van der Waals surface area contributed by atoms with E-state index in [-0.39, 0.29) is 10.8 Å². The van der Waals surface area contributed by atoms with Crippen LogP contribution in [-0.4, -0.2) is 7.05 Å². The minimum Gasteiger partial charge on any atom is -0.347 e. The van der Waals surface area contributed by atoms with Gasteiger partial charge in [-0.2, -0.15) is 0 Å². The number of rotatable bonds is 4. The molecule has 4 aromatic carbocycles. The fourth-order valence-corrected chi connectivity index (χ4v) is 7.01. The normalized spacial score (nSPS) is 21.1. The van der Waals surface area contributed by atoms with Crippen molar-refractivity contribution in [3.63, 3.8) is 0 Å². The Morgan fingerprint density at radius 2 is 1.50 bits per heavy atom. The molecule has 4 aromatic rings. The summed E-state index contributed by atoms with van der Waals surface area (Å²) in [5, 5.41) is 2.62. The SMILES string of the molecule is CC1=C(/C=C/C=C2/N(C)c3c(ccc4ccccc34)C2(C)C)C(C)(Cc2ccccc2)c2ccc(C)cc21. The Morgan fingerprint density at radius 1 is 0.789 bits per heavy atom. The average molecular weight is 496 g/mol. The molecule has 1 heterocycles. The Balaban J connectivity index is 1.42. The van der Waals surface area contributed by atoms with Crippen LogP contribution >= 0.6 is 0 Å². The van der Waals surface area contributed by atoms with Gasteiger partial charge in [0.2, 0.25) is 0 Å². The summed E-state index contributed by atoms with van der Waals surface area (Å²) in [4.78, 5) is 2.40. The number of likely N-dealkylation sites (N-methyl/N-ethyl adjacent to an activating group) is 1. The van der Waals surface area contributed by atoms with E-state index in [4.69, 9.17) is 0 Å². The zero-order valence-electron chi connectivity index (χ0n) is 23.5. The van der Waals surface area contributed by atoms with Crippen LogP contribution in [0.3, 0.4) is 0 Å². The molecule has 1 heteroatoms. The first kappa shape index (κ1) is 24.5. The molecule has 6 rings (SSSR count). The predicted molar refractivity (Wildman–Crippen MR) is 164 cm³/mol. The Hall–Kier alpha value is -3.84. The van der Waals surface area contributed by atoms with Gasteiger partial charge in [0.15, 0.2) is 0 Å². The molecule has 0 saturated heterocycles. The summed E-state index contributed by atoms with van der Waals surface area (Å²) in [7, 11) is 2.22. The van der Waals surface area contributed by atoms with Crippen LogP contribution in [0.2, 0.25) is 0 Å². The largest absolute Gasteiger partial charge is 0.347 e. The second-order valence-electron chi connectivity index (χ2n) is 11.9. The third kappa shape index (κ3) is 3.68. The van der Waals surface area contributed by atoms with Crippen LogP contribution in [0, 0.1) is 6.92 Å². The Kier molecular flexibility index (Phi) is 5.72. The van der Waals surface area contributed by atoms with Gasteiger partial charge in [0.25, 0.3) is 0 Å². The molecule has 0 amide bonds. The van der Waals surface area contributed by atoms with E-state index in [0.717, 1.165) is 6.42 Å². The van der Waals surface area contributed by atoms with Crippen molar-refractivity contribution in [2.75, 3.05) is 11.9 Å². The number of hydrogen-bond acceptors (Lipinski definition) is 1. The van der Waals surface area contributed by atoms with Crippen molar-refractivity contribution in [1.82, 2.24) is 0 Å². The lowest BCUT2D eigenvalue weighted by atomic mass is 9.74. The highest BCUT2D eigenvalue weighted by molar-refractivity contribution is 5.99. The van der Waals surface area contributed by atoms with E-state index in [1.165, 1.54) is 61.1 Å². The van der Waals surface area contributed by atoms with Gasteiger partial charge < -0.3 is 4.90 Å². The van der Waals surface area contributed by atoms with Crippen molar-refractivity contribution in [1.29, 1.82) is 0 Å². The monoisotopic (exact) mass is 495 g/mol. The third-order valence-electron chi connectivity index (χ3n) is 9.00.